The molecule has 2 heterocycles. The van der Waals surface area contributed by atoms with Crippen LogP contribution in [0.2, 0.25) is 0 Å². The molecule has 0 spiro atoms. The van der Waals surface area contributed by atoms with E-state index in [1.165, 1.54) is 12.4 Å². The number of fused-ring (bicyclic) bond motifs is 1. The van der Waals surface area contributed by atoms with E-state index in [0.29, 0.717) is 24.3 Å². The monoisotopic (exact) mass is 402 g/mol. The number of aromatic nitrogens is 1. The fourth-order valence-corrected chi connectivity index (χ4v) is 3.59. The summed E-state index contributed by atoms with van der Waals surface area (Å²) < 4.78 is 6.45. The number of rotatable bonds is 6. The Kier molecular flexibility index (Phi) is 5.34. The molecule has 0 fully saturated rings. The fourth-order valence-electron chi connectivity index (χ4n) is 3.59. The first-order valence-corrected chi connectivity index (χ1v) is 9.70. The Morgan fingerprint density at radius 3 is 2.67 bits per heavy atom. The van der Waals surface area contributed by atoms with Crippen LogP contribution in [0, 0.1) is 10.6 Å². The van der Waals surface area contributed by atoms with E-state index in [2.05, 4.69) is 5.32 Å². The molecule has 0 saturated carbocycles. The molecule has 0 aliphatic carbocycles. The smallest absolute Gasteiger partial charge is 0.251 e. The second-order valence-corrected chi connectivity index (χ2v) is 7.25. The molecule has 0 saturated heterocycles. The van der Waals surface area contributed by atoms with Crippen LogP contribution in [0.1, 0.15) is 33.8 Å². The summed E-state index contributed by atoms with van der Waals surface area (Å²) in [5.41, 5.74) is 9.51. The second kappa shape index (κ2) is 8.24. The lowest BCUT2D eigenvalue weighted by Crippen LogP contribution is -2.26. The third kappa shape index (κ3) is 4.10. The molecule has 2 aromatic carbocycles. The maximum Gasteiger partial charge on any atom is 0.251 e. The lowest BCUT2D eigenvalue weighted by molar-refractivity contribution is -0.604. The molecule has 7 nitrogen and oxygen atoms in total. The minimum atomic E-state index is -0.148. The molecule has 4 rings (SSSR count). The van der Waals surface area contributed by atoms with Crippen LogP contribution in [0.15, 0.2) is 67.0 Å². The number of hydrogen-bond donors (Lipinski definition) is 3. The van der Waals surface area contributed by atoms with Crippen molar-refractivity contribution in [3.63, 3.8) is 0 Å². The molecule has 7 heteroatoms. The summed E-state index contributed by atoms with van der Waals surface area (Å²) in [5.74, 6) is 0.844. The largest absolute Gasteiger partial charge is 0.619 e. The van der Waals surface area contributed by atoms with Gasteiger partial charge in [0.2, 0.25) is 0 Å². The summed E-state index contributed by atoms with van der Waals surface area (Å²) in [6.45, 7) is 1.06. The standard InChI is InChI=1S/C23H22N4O3/c24-22(25)17-7-8-21-20(12-17)19(14-30-21)9-10-26-23(28)16-5-3-15(4-6-16)18-2-1-11-27(29)13-18/h1-8,11-13,19H,9-10,14H2,(H3,24,25)(H,26,28). The highest BCUT2D eigenvalue weighted by atomic mass is 16.5. The van der Waals surface area contributed by atoms with Crippen molar-refractivity contribution >= 4 is 11.7 Å². The maximum absolute atomic E-state index is 12.5. The number of nitrogen functional groups attached to an aromatic ring is 1. The predicted octanol–water partition coefficient (Wildman–Crippen LogP) is 2.57. The van der Waals surface area contributed by atoms with Crippen LogP contribution < -0.4 is 20.5 Å². The Labute approximate surface area is 174 Å². The van der Waals surface area contributed by atoms with Crippen molar-refractivity contribution in [2.24, 2.45) is 5.73 Å². The first-order chi connectivity index (χ1) is 14.5. The highest BCUT2D eigenvalue weighted by Crippen LogP contribution is 2.36. The third-order valence-corrected chi connectivity index (χ3v) is 5.23. The van der Waals surface area contributed by atoms with Gasteiger partial charge in [0, 0.05) is 40.8 Å². The van der Waals surface area contributed by atoms with Gasteiger partial charge in [-0.3, -0.25) is 10.2 Å². The van der Waals surface area contributed by atoms with Crippen molar-refractivity contribution in [2.75, 3.05) is 13.2 Å². The van der Waals surface area contributed by atoms with Crippen LogP contribution in [0.5, 0.6) is 5.75 Å². The minimum absolute atomic E-state index is 0.0285. The van der Waals surface area contributed by atoms with Crippen molar-refractivity contribution in [1.82, 2.24) is 5.32 Å². The van der Waals surface area contributed by atoms with E-state index in [0.717, 1.165) is 33.6 Å². The number of nitrogens with two attached hydrogens (primary N) is 1. The topological polar surface area (TPSA) is 115 Å². The number of nitrogens with one attached hydrogen (secondary N) is 2. The Morgan fingerprint density at radius 2 is 1.93 bits per heavy atom. The molecule has 4 N–H and O–H groups in total. The molecule has 1 atom stereocenters. The number of benzene rings is 2. The number of nitrogens with zero attached hydrogens (tertiary/aromatic N) is 1. The van der Waals surface area contributed by atoms with Gasteiger partial charge in [0.15, 0.2) is 12.4 Å². The number of amides is 1. The van der Waals surface area contributed by atoms with Gasteiger partial charge in [-0.1, -0.05) is 12.1 Å². The Hall–Kier alpha value is -3.87. The molecule has 1 unspecified atom stereocenters. The van der Waals surface area contributed by atoms with Gasteiger partial charge >= 0.3 is 0 Å². The molecule has 0 bridgehead atoms. The molecule has 3 aromatic rings. The lowest BCUT2D eigenvalue weighted by Gasteiger charge is -2.11. The summed E-state index contributed by atoms with van der Waals surface area (Å²) in [4.78, 5) is 12.5. The van der Waals surface area contributed by atoms with Crippen LogP contribution in [0.4, 0.5) is 0 Å². The van der Waals surface area contributed by atoms with Crippen molar-refractivity contribution in [3.05, 3.63) is 88.9 Å². The van der Waals surface area contributed by atoms with Crippen LogP contribution in [-0.4, -0.2) is 24.9 Å². The highest BCUT2D eigenvalue weighted by molar-refractivity contribution is 5.95. The quantitative estimate of drug-likeness (QED) is 0.254. The summed E-state index contributed by atoms with van der Waals surface area (Å²) in [7, 11) is 0. The van der Waals surface area contributed by atoms with Crippen molar-refractivity contribution in [1.29, 1.82) is 5.41 Å². The zero-order valence-electron chi connectivity index (χ0n) is 16.3. The molecule has 0 radical (unpaired) electrons. The number of carbonyl (C=O) groups is 1. The van der Waals surface area contributed by atoms with Crippen molar-refractivity contribution in [2.45, 2.75) is 12.3 Å². The normalized spacial score (nSPS) is 14.6. The van der Waals surface area contributed by atoms with Gasteiger partial charge in [0.05, 0.1) is 6.61 Å². The molecule has 152 valence electrons. The van der Waals surface area contributed by atoms with Gasteiger partial charge in [-0.15, -0.1) is 0 Å². The zero-order valence-corrected chi connectivity index (χ0v) is 16.3. The number of ether oxygens (including phenoxy) is 1. The highest BCUT2D eigenvalue weighted by Gasteiger charge is 2.24. The first kappa shape index (κ1) is 19.4. The second-order valence-electron chi connectivity index (χ2n) is 7.25. The van der Waals surface area contributed by atoms with E-state index in [1.54, 1.807) is 24.3 Å². The summed E-state index contributed by atoms with van der Waals surface area (Å²) >= 11 is 0. The van der Waals surface area contributed by atoms with Gasteiger partial charge in [-0.05, 0) is 48.4 Å². The third-order valence-electron chi connectivity index (χ3n) is 5.23. The number of carbonyl (C=O) groups excluding carboxylic acids is 1. The van der Waals surface area contributed by atoms with E-state index >= 15 is 0 Å². The maximum atomic E-state index is 12.5. The molecule has 1 amide bonds. The van der Waals surface area contributed by atoms with Crippen molar-refractivity contribution < 1.29 is 14.3 Å². The van der Waals surface area contributed by atoms with E-state index in [1.807, 2.05) is 30.3 Å². The Bertz CT molecular complexity index is 1100. The summed E-state index contributed by atoms with van der Waals surface area (Å²) in [6.07, 6.45) is 3.65. The molecular formula is C23H22N4O3. The summed E-state index contributed by atoms with van der Waals surface area (Å²) in [6, 6.07) is 16.2. The predicted molar refractivity (Wildman–Crippen MR) is 113 cm³/mol. The van der Waals surface area contributed by atoms with Gasteiger partial charge < -0.3 is 21.0 Å². The number of amidine groups is 1. The van der Waals surface area contributed by atoms with Crippen molar-refractivity contribution in [3.8, 4) is 16.9 Å². The summed E-state index contributed by atoms with van der Waals surface area (Å²) in [5, 5.41) is 22.0. The van der Waals surface area contributed by atoms with Gasteiger partial charge in [0.25, 0.3) is 5.91 Å². The fraction of sp³-hybridized carbons (Fsp3) is 0.174. The number of pyridine rings is 1. The molecule has 1 aliphatic heterocycles. The Morgan fingerprint density at radius 1 is 1.17 bits per heavy atom. The Balaban J connectivity index is 1.35. The first-order valence-electron chi connectivity index (χ1n) is 9.70. The van der Waals surface area contributed by atoms with Gasteiger partial charge in [-0.2, -0.15) is 4.73 Å². The molecule has 1 aromatic heterocycles. The average Bonchev–Trinajstić information content (AvgIpc) is 3.16. The van der Waals surface area contributed by atoms with Gasteiger partial charge in [-0.25, -0.2) is 0 Å². The average molecular weight is 402 g/mol. The lowest BCUT2D eigenvalue weighted by atomic mass is 9.96. The molecule has 1 aliphatic rings. The SMILES string of the molecule is N=C(N)c1ccc2c(c1)C(CCNC(=O)c1ccc(-c3ccc[n+]([O-])c3)cc1)CO2. The van der Waals surface area contributed by atoms with Crippen LogP contribution in [0.3, 0.4) is 0 Å². The van der Waals surface area contributed by atoms with Crippen LogP contribution in [0.25, 0.3) is 11.1 Å². The van der Waals surface area contributed by atoms with E-state index in [-0.39, 0.29) is 17.7 Å². The van der Waals surface area contributed by atoms with Gasteiger partial charge in [0.1, 0.15) is 11.6 Å². The van der Waals surface area contributed by atoms with E-state index in [9.17, 15) is 10.0 Å². The molecular weight excluding hydrogens is 380 g/mol. The minimum Gasteiger partial charge on any atom is -0.619 e. The zero-order chi connectivity index (χ0) is 21.1. The van der Waals surface area contributed by atoms with Crippen LogP contribution >= 0.6 is 0 Å². The molecule has 30 heavy (non-hydrogen) atoms. The number of hydrogen-bond acceptors (Lipinski definition) is 4. The van der Waals surface area contributed by atoms with E-state index < -0.39 is 0 Å². The van der Waals surface area contributed by atoms with Crippen LogP contribution in [-0.2, 0) is 0 Å². The van der Waals surface area contributed by atoms with E-state index in [4.69, 9.17) is 15.9 Å².